The van der Waals surface area contributed by atoms with Crippen LogP contribution in [0.1, 0.15) is 41.4 Å². The monoisotopic (exact) mass is 372 g/mol. The molecule has 3 aromatic rings. The van der Waals surface area contributed by atoms with E-state index >= 15 is 0 Å². The number of carbonyl (C=O) groups is 1. The van der Waals surface area contributed by atoms with E-state index in [9.17, 15) is 4.79 Å². The minimum absolute atomic E-state index is 0.0630. The van der Waals surface area contributed by atoms with E-state index in [0.29, 0.717) is 6.61 Å². The minimum atomic E-state index is 0.0630. The van der Waals surface area contributed by atoms with Gasteiger partial charge >= 0.3 is 0 Å². The summed E-state index contributed by atoms with van der Waals surface area (Å²) in [6.45, 7) is 2.91. The van der Waals surface area contributed by atoms with E-state index in [4.69, 9.17) is 4.74 Å². The third kappa shape index (κ3) is 3.91. The average molecular weight is 372 g/mol. The molecule has 2 heterocycles. The Balaban J connectivity index is 1.69. The first-order valence-corrected chi connectivity index (χ1v) is 9.75. The number of nitrogens with zero attached hydrogens (tertiary/aromatic N) is 2. The van der Waals surface area contributed by atoms with Gasteiger partial charge in [-0.15, -0.1) is 0 Å². The summed E-state index contributed by atoms with van der Waals surface area (Å²) >= 11 is 0. The fourth-order valence-corrected chi connectivity index (χ4v) is 3.70. The number of Topliss-reactive ketones (excluding diaryl/α,β-unsaturated/α-hetero) is 1. The molecule has 0 bridgehead atoms. The number of benzene rings is 2. The number of ketones is 1. The number of aryl methyl sites for hydroxylation is 1. The lowest BCUT2D eigenvalue weighted by Crippen LogP contribution is -2.20. The third-order valence-electron chi connectivity index (χ3n) is 5.11. The molecule has 0 atom stereocenters. The number of hydrogen-bond donors (Lipinski definition) is 0. The third-order valence-corrected chi connectivity index (χ3v) is 5.11. The van der Waals surface area contributed by atoms with E-state index in [1.165, 1.54) is 11.3 Å². The van der Waals surface area contributed by atoms with E-state index in [2.05, 4.69) is 34.1 Å². The second kappa shape index (κ2) is 8.26. The van der Waals surface area contributed by atoms with Crippen molar-refractivity contribution in [2.75, 3.05) is 11.4 Å². The summed E-state index contributed by atoms with van der Waals surface area (Å²) in [6, 6.07) is 20.0. The van der Waals surface area contributed by atoms with Crippen LogP contribution in [0.4, 0.5) is 11.4 Å². The van der Waals surface area contributed by atoms with Gasteiger partial charge in [0.1, 0.15) is 12.4 Å². The van der Waals surface area contributed by atoms with Crippen LogP contribution in [0.15, 0.2) is 66.9 Å². The largest absolute Gasteiger partial charge is 0.487 e. The number of para-hydroxylation sites is 1. The number of aromatic nitrogens is 1. The zero-order valence-corrected chi connectivity index (χ0v) is 16.1. The summed E-state index contributed by atoms with van der Waals surface area (Å²) in [5, 5.41) is 0. The fraction of sp³-hybridized carbons (Fsp3) is 0.250. The lowest BCUT2D eigenvalue weighted by molar-refractivity contribution is 0.101. The Kier molecular flexibility index (Phi) is 5.38. The Labute approximate surface area is 165 Å². The van der Waals surface area contributed by atoms with Crippen LogP contribution in [-0.2, 0) is 13.0 Å². The molecule has 0 unspecified atom stereocenters. The first-order chi connectivity index (χ1) is 13.7. The first kappa shape index (κ1) is 18.2. The zero-order valence-electron chi connectivity index (χ0n) is 16.1. The highest BCUT2D eigenvalue weighted by molar-refractivity contribution is 6.01. The van der Waals surface area contributed by atoms with Gasteiger partial charge in [0.15, 0.2) is 5.78 Å². The molecule has 0 spiro atoms. The molecule has 2 aromatic carbocycles. The molecular weight excluding hydrogens is 348 g/mol. The molecule has 1 aliphatic rings. The quantitative estimate of drug-likeness (QED) is 0.567. The van der Waals surface area contributed by atoms with Crippen molar-refractivity contribution in [2.45, 2.75) is 32.8 Å². The van der Waals surface area contributed by atoms with Gasteiger partial charge in [0, 0.05) is 30.1 Å². The molecule has 0 saturated heterocycles. The molecule has 0 amide bonds. The maximum Gasteiger partial charge on any atom is 0.161 e. The molecule has 28 heavy (non-hydrogen) atoms. The highest BCUT2D eigenvalue weighted by atomic mass is 16.5. The first-order valence-electron chi connectivity index (χ1n) is 9.75. The van der Waals surface area contributed by atoms with E-state index in [0.717, 1.165) is 48.5 Å². The second-order valence-electron chi connectivity index (χ2n) is 7.08. The van der Waals surface area contributed by atoms with Crippen molar-refractivity contribution in [3.8, 4) is 5.75 Å². The number of fused-ring (bicyclic) bond motifs is 1. The Morgan fingerprint density at radius 3 is 2.71 bits per heavy atom. The summed E-state index contributed by atoms with van der Waals surface area (Å²) < 4.78 is 5.98. The van der Waals surface area contributed by atoms with Crippen molar-refractivity contribution in [2.24, 2.45) is 0 Å². The van der Waals surface area contributed by atoms with Crippen LogP contribution in [0.2, 0.25) is 0 Å². The van der Waals surface area contributed by atoms with E-state index < -0.39 is 0 Å². The number of ether oxygens (including phenoxy) is 1. The molecule has 1 aromatic heterocycles. The number of hydrogen-bond acceptors (Lipinski definition) is 4. The topological polar surface area (TPSA) is 42.4 Å². The molecule has 0 aliphatic carbocycles. The summed E-state index contributed by atoms with van der Waals surface area (Å²) in [6.07, 6.45) is 5.07. The van der Waals surface area contributed by atoms with Gasteiger partial charge in [-0.25, -0.2) is 0 Å². The van der Waals surface area contributed by atoms with Gasteiger partial charge in [-0.05, 0) is 62.1 Å². The molecule has 4 rings (SSSR count). The molecule has 1 aliphatic heterocycles. The second-order valence-corrected chi connectivity index (χ2v) is 7.08. The van der Waals surface area contributed by atoms with Crippen LogP contribution in [0, 0.1) is 0 Å². The highest BCUT2D eigenvalue weighted by Gasteiger charge is 2.21. The normalized spacial score (nSPS) is 13.5. The van der Waals surface area contributed by atoms with Crippen LogP contribution in [0.3, 0.4) is 0 Å². The fourth-order valence-electron chi connectivity index (χ4n) is 3.70. The number of rotatable bonds is 5. The van der Waals surface area contributed by atoms with Crippen molar-refractivity contribution in [1.29, 1.82) is 0 Å². The number of anilines is 2. The van der Waals surface area contributed by atoms with Crippen molar-refractivity contribution in [3.63, 3.8) is 0 Å². The molecule has 4 nitrogen and oxygen atoms in total. The van der Waals surface area contributed by atoms with Crippen molar-refractivity contribution in [1.82, 2.24) is 4.98 Å². The summed E-state index contributed by atoms with van der Waals surface area (Å²) in [5.74, 6) is 0.806. The van der Waals surface area contributed by atoms with Crippen LogP contribution in [0.25, 0.3) is 0 Å². The lowest BCUT2D eigenvalue weighted by atomic mass is 10.1. The van der Waals surface area contributed by atoms with Crippen LogP contribution < -0.4 is 9.64 Å². The van der Waals surface area contributed by atoms with E-state index in [1.807, 2.05) is 36.4 Å². The SMILES string of the molecule is CC(=O)c1ccc(OCc2ccccn2)cc1N1CCCCc2ccccc21. The average Bonchev–Trinajstić information content (AvgIpc) is 2.95. The van der Waals surface area contributed by atoms with Crippen molar-refractivity contribution in [3.05, 3.63) is 83.7 Å². The number of carbonyl (C=O) groups excluding carboxylic acids is 1. The van der Waals surface area contributed by atoms with Gasteiger partial charge < -0.3 is 9.64 Å². The predicted molar refractivity (Wildman–Crippen MR) is 111 cm³/mol. The van der Waals surface area contributed by atoms with Gasteiger partial charge in [-0.2, -0.15) is 0 Å². The summed E-state index contributed by atoms with van der Waals surface area (Å²) in [4.78, 5) is 18.9. The van der Waals surface area contributed by atoms with E-state index in [-0.39, 0.29) is 5.78 Å². The Morgan fingerprint density at radius 1 is 1.04 bits per heavy atom. The standard InChI is InChI=1S/C24H24N2O2/c1-18(27)22-13-12-21(28-17-20-10-4-6-14-25-20)16-24(22)26-15-7-5-9-19-8-2-3-11-23(19)26/h2-4,6,8,10-14,16H,5,7,9,15,17H2,1H3. The van der Waals surface area contributed by atoms with Gasteiger partial charge in [0.2, 0.25) is 0 Å². The van der Waals surface area contributed by atoms with Crippen molar-refractivity contribution >= 4 is 17.2 Å². The van der Waals surface area contributed by atoms with E-state index in [1.54, 1.807) is 13.1 Å². The molecule has 4 heteroatoms. The van der Waals surface area contributed by atoms with Gasteiger partial charge in [0.05, 0.1) is 11.4 Å². The molecule has 0 fully saturated rings. The molecule has 0 saturated carbocycles. The van der Waals surface area contributed by atoms with Gasteiger partial charge in [0.25, 0.3) is 0 Å². The van der Waals surface area contributed by atoms with Gasteiger partial charge in [-0.3, -0.25) is 9.78 Å². The summed E-state index contributed by atoms with van der Waals surface area (Å²) in [7, 11) is 0. The van der Waals surface area contributed by atoms with Crippen molar-refractivity contribution < 1.29 is 9.53 Å². The van der Waals surface area contributed by atoms with Crippen LogP contribution >= 0.6 is 0 Å². The Hall–Kier alpha value is -3.14. The smallest absolute Gasteiger partial charge is 0.161 e. The maximum absolute atomic E-state index is 12.3. The molecule has 142 valence electrons. The molecule has 0 radical (unpaired) electrons. The lowest BCUT2D eigenvalue weighted by Gasteiger charge is -2.27. The minimum Gasteiger partial charge on any atom is -0.487 e. The molecule has 0 N–H and O–H groups in total. The number of pyridine rings is 1. The highest BCUT2D eigenvalue weighted by Crippen LogP contribution is 2.36. The predicted octanol–water partition coefficient (Wildman–Crippen LogP) is 5.34. The van der Waals surface area contributed by atoms with Crippen LogP contribution in [-0.4, -0.2) is 17.3 Å². The Morgan fingerprint density at radius 2 is 1.89 bits per heavy atom. The summed E-state index contributed by atoms with van der Waals surface area (Å²) in [5.41, 5.74) is 5.03. The zero-order chi connectivity index (χ0) is 19.3. The molecular formula is C24H24N2O2. The maximum atomic E-state index is 12.3. The van der Waals surface area contributed by atoms with Crippen LogP contribution in [0.5, 0.6) is 5.75 Å². The van der Waals surface area contributed by atoms with Gasteiger partial charge in [-0.1, -0.05) is 24.3 Å². The Bertz CT molecular complexity index is 969.